The number of benzene rings is 1. The Hall–Kier alpha value is -1.31. The number of rotatable bonds is 6. The summed E-state index contributed by atoms with van der Waals surface area (Å²) >= 11 is 20.0. The van der Waals surface area contributed by atoms with Crippen molar-refractivity contribution in [3.63, 3.8) is 0 Å². The molecule has 0 aliphatic rings. The molecule has 0 bridgehead atoms. The third kappa shape index (κ3) is 4.27. The summed E-state index contributed by atoms with van der Waals surface area (Å²) in [5, 5.41) is 9.67. The van der Waals surface area contributed by atoms with Gasteiger partial charge in [0.15, 0.2) is 5.82 Å². The maximum Gasteiger partial charge on any atom is 0.160 e. The van der Waals surface area contributed by atoms with Gasteiger partial charge >= 0.3 is 0 Å². The van der Waals surface area contributed by atoms with Crippen LogP contribution in [0.1, 0.15) is 5.56 Å². The van der Waals surface area contributed by atoms with Gasteiger partial charge in [0.2, 0.25) is 0 Å². The topological polar surface area (TPSA) is 68.8 Å². The molecule has 3 N–H and O–H groups in total. The number of anilines is 1. The number of nitrogens with zero attached hydrogens (tertiary/aromatic N) is 3. The molecule has 1 aromatic carbocycles. The highest BCUT2D eigenvalue weighted by Gasteiger charge is 2.16. The quantitative estimate of drug-likeness (QED) is 0.621. The normalized spacial score (nSPS) is 12.4. The van der Waals surface area contributed by atoms with Gasteiger partial charge in [0.1, 0.15) is 10.7 Å². The van der Waals surface area contributed by atoms with E-state index in [1.54, 1.807) is 10.7 Å². The first-order chi connectivity index (χ1) is 12.0. The predicted molar refractivity (Wildman–Crippen MR) is 106 cm³/mol. The minimum atomic E-state index is 0.0146. The van der Waals surface area contributed by atoms with Gasteiger partial charge in [-0.3, -0.25) is 0 Å². The zero-order chi connectivity index (χ0) is 18.0. The molecule has 0 amide bonds. The zero-order valence-corrected chi connectivity index (χ0v) is 16.4. The first kappa shape index (κ1) is 18.5. The molecule has 3 rings (SSSR count). The molecular weight excluding hydrogens is 401 g/mol. The van der Waals surface area contributed by atoms with E-state index in [0.29, 0.717) is 27.3 Å². The van der Waals surface area contributed by atoms with E-state index in [-0.39, 0.29) is 6.04 Å². The molecule has 0 saturated heterocycles. The molecule has 0 aliphatic carbocycles. The molecule has 0 spiro atoms. The third-order valence-electron chi connectivity index (χ3n) is 3.75. The van der Waals surface area contributed by atoms with E-state index < -0.39 is 0 Å². The molecule has 0 radical (unpaired) electrons. The summed E-state index contributed by atoms with van der Waals surface area (Å²) in [5.41, 5.74) is 7.76. The molecule has 5 nitrogen and oxygen atoms in total. The first-order valence-electron chi connectivity index (χ1n) is 7.52. The molecule has 0 saturated carbocycles. The van der Waals surface area contributed by atoms with Crippen LogP contribution in [0.15, 0.2) is 30.6 Å². The molecule has 25 heavy (non-hydrogen) atoms. The second kappa shape index (κ2) is 7.93. The fraction of sp³-hybridized carbons (Fsp3) is 0.250. The van der Waals surface area contributed by atoms with Gasteiger partial charge in [0.05, 0.1) is 10.6 Å². The van der Waals surface area contributed by atoms with Crippen molar-refractivity contribution in [2.75, 3.05) is 11.9 Å². The number of aromatic nitrogens is 3. The highest BCUT2D eigenvalue weighted by Crippen LogP contribution is 2.38. The summed E-state index contributed by atoms with van der Waals surface area (Å²) in [5.74, 6) is 0.722. The van der Waals surface area contributed by atoms with E-state index in [2.05, 4.69) is 15.4 Å². The Balaban J connectivity index is 1.77. The van der Waals surface area contributed by atoms with Gasteiger partial charge in [-0.15, -0.1) is 11.3 Å². The van der Waals surface area contributed by atoms with E-state index in [1.807, 2.05) is 25.2 Å². The Morgan fingerprint density at radius 3 is 2.72 bits per heavy atom. The fourth-order valence-corrected chi connectivity index (χ4v) is 4.21. The van der Waals surface area contributed by atoms with Gasteiger partial charge in [-0.25, -0.2) is 9.67 Å². The molecule has 132 valence electrons. The number of hydrogen-bond donors (Lipinski definition) is 2. The summed E-state index contributed by atoms with van der Waals surface area (Å²) in [6, 6.07) is 7.45. The Bertz CT molecular complexity index is 877. The number of thiophene rings is 1. The van der Waals surface area contributed by atoms with E-state index in [9.17, 15) is 0 Å². The maximum absolute atomic E-state index is 6.37. The second-order valence-corrected chi connectivity index (χ2v) is 8.02. The lowest BCUT2D eigenvalue weighted by atomic mass is 10.1. The molecule has 3 aromatic rings. The molecule has 9 heteroatoms. The smallest absolute Gasteiger partial charge is 0.160 e. The van der Waals surface area contributed by atoms with Gasteiger partial charge < -0.3 is 11.1 Å². The van der Waals surface area contributed by atoms with E-state index >= 15 is 0 Å². The highest BCUT2D eigenvalue weighted by molar-refractivity contribution is 7.20. The van der Waals surface area contributed by atoms with E-state index in [0.717, 1.165) is 22.0 Å². The SMILES string of the molecule is Cn1ncnc1-c1cc(N[C@H](CN)Cc2ccc(Cl)cc2Cl)sc1Cl. The van der Waals surface area contributed by atoms with E-state index in [4.69, 9.17) is 40.5 Å². The van der Waals surface area contributed by atoms with Crippen molar-refractivity contribution in [1.82, 2.24) is 14.8 Å². The van der Waals surface area contributed by atoms with Crippen molar-refractivity contribution in [1.29, 1.82) is 0 Å². The van der Waals surface area contributed by atoms with Crippen molar-refractivity contribution in [2.24, 2.45) is 12.8 Å². The van der Waals surface area contributed by atoms with Gasteiger partial charge in [-0.05, 0) is 30.2 Å². The summed E-state index contributed by atoms with van der Waals surface area (Å²) < 4.78 is 2.34. The Kier molecular flexibility index (Phi) is 5.86. The van der Waals surface area contributed by atoms with Crippen molar-refractivity contribution in [3.8, 4) is 11.4 Å². The number of hydrogen-bond acceptors (Lipinski definition) is 5. The molecule has 0 aliphatic heterocycles. The number of halogens is 3. The zero-order valence-electron chi connectivity index (χ0n) is 13.3. The van der Waals surface area contributed by atoms with Crippen LogP contribution < -0.4 is 11.1 Å². The van der Waals surface area contributed by atoms with E-state index in [1.165, 1.54) is 17.7 Å². The maximum atomic E-state index is 6.37. The van der Waals surface area contributed by atoms with Gasteiger partial charge in [0.25, 0.3) is 0 Å². The van der Waals surface area contributed by atoms with Crippen LogP contribution in [-0.4, -0.2) is 27.4 Å². The monoisotopic (exact) mass is 415 g/mol. The van der Waals surface area contributed by atoms with Crippen LogP contribution in [0.2, 0.25) is 14.4 Å². The number of nitrogens with two attached hydrogens (primary N) is 1. The van der Waals surface area contributed by atoms with Crippen molar-refractivity contribution < 1.29 is 0 Å². The van der Waals surface area contributed by atoms with Crippen LogP contribution in [0.5, 0.6) is 0 Å². The average Bonchev–Trinajstić information content (AvgIpc) is 3.14. The minimum absolute atomic E-state index is 0.0146. The molecule has 0 unspecified atom stereocenters. The summed E-state index contributed by atoms with van der Waals surface area (Å²) in [6.07, 6.45) is 2.18. The standard InChI is InChI=1S/C16H16Cl3N5S/c1-24-16(21-8-22-24)12-6-14(25-15(12)19)23-11(7-20)4-9-2-3-10(17)5-13(9)18/h2-3,5-6,8,11,23H,4,7,20H2,1H3/t11-/m0/s1. The van der Waals surface area contributed by atoms with Gasteiger partial charge in [0, 0.05) is 29.7 Å². The third-order valence-corrected chi connectivity index (χ3v) is 5.63. The van der Waals surface area contributed by atoms with Crippen molar-refractivity contribution in [3.05, 3.63) is 50.5 Å². The van der Waals surface area contributed by atoms with Gasteiger partial charge in [-0.2, -0.15) is 5.10 Å². The van der Waals surface area contributed by atoms with Gasteiger partial charge in [-0.1, -0.05) is 40.9 Å². The van der Waals surface area contributed by atoms with Crippen LogP contribution in [-0.2, 0) is 13.5 Å². The Morgan fingerprint density at radius 2 is 2.08 bits per heavy atom. The fourth-order valence-electron chi connectivity index (χ4n) is 2.48. The summed E-state index contributed by atoms with van der Waals surface area (Å²) in [6.45, 7) is 0.452. The van der Waals surface area contributed by atoms with Crippen LogP contribution in [0.4, 0.5) is 5.00 Å². The average molecular weight is 417 g/mol. The Morgan fingerprint density at radius 1 is 1.28 bits per heavy atom. The largest absolute Gasteiger partial charge is 0.373 e. The molecule has 0 fully saturated rings. The van der Waals surface area contributed by atoms with Crippen LogP contribution in [0, 0.1) is 0 Å². The van der Waals surface area contributed by atoms with Crippen LogP contribution in [0.25, 0.3) is 11.4 Å². The van der Waals surface area contributed by atoms with Crippen molar-refractivity contribution >= 4 is 51.1 Å². The lowest BCUT2D eigenvalue weighted by Gasteiger charge is -2.17. The molecule has 1 atom stereocenters. The molecular formula is C16H16Cl3N5S. The second-order valence-electron chi connectivity index (χ2n) is 5.52. The molecule has 2 heterocycles. The predicted octanol–water partition coefficient (Wildman–Crippen LogP) is 4.49. The highest BCUT2D eigenvalue weighted by atomic mass is 35.5. The summed E-state index contributed by atoms with van der Waals surface area (Å²) in [4.78, 5) is 4.24. The number of nitrogens with one attached hydrogen (secondary N) is 1. The first-order valence-corrected chi connectivity index (χ1v) is 9.47. The molecule has 2 aromatic heterocycles. The lowest BCUT2D eigenvalue weighted by molar-refractivity contribution is 0.726. The lowest BCUT2D eigenvalue weighted by Crippen LogP contribution is -2.30. The van der Waals surface area contributed by atoms with Crippen LogP contribution >= 0.6 is 46.1 Å². The number of aryl methyl sites for hydroxylation is 1. The van der Waals surface area contributed by atoms with Crippen molar-refractivity contribution in [2.45, 2.75) is 12.5 Å². The van der Waals surface area contributed by atoms with Crippen LogP contribution in [0.3, 0.4) is 0 Å². The minimum Gasteiger partial charge on any atom is -0.373 e. The Labute approximate surface area is 164 Å². The summed E-state index contributed by atoms with van der Waals surface area (Å²) in [7, 11) is 1.83.